The van der Waals surface area contributed by atoms with Crippen LogP contribution in [0.3, 0.4) is 0 Å². The average Bonchev–Trinajstić information content (AvgIpc) is 3.38. The molecule has 0 radical (unpaired) electrons. The Morgan fingerprint density at radius 2 is 2.18 bits per heavy atom. The van der Waals surface area contributed by atoms with Gasteiger partial charge in [-0.25, -0.2) is 0 Å². The predicted molar refractivity (Wildman–Crippen MR) is 113 cm³/mol. The summed E-state index contributed by atoms with van der Waals surface area (Å²) < 4.78 is 1.91. The van der Waals surface area contributed by atoms with E-state index in [0.717, 1.165) is 23.6 Å². The van der Waals surface area contributed by atoms with Crippen molar-refractivity contribution < 1.29 is 9.59 Å². The highest BCUT2D eigenvalue weighted by molar-refractivity contribution is 7.98. The Labute approximate surface area is 171 Å². The van der Waals surface area contributed by atoms with Crippen LogP contribution in [0.25, 0.3) is 5.65 Å². The van der Waals surface area contributed by atoms with E-state index >= 15 is 0 Å². The van der Waals surface area contributed by atoms with Gasteiger partial charge in [0, 0.05) is 30.1 Å². The molecule has 0 fully saturated rings. The fraction of sp³-hybridized carbons (Fsp3) is 0.368. The van der Waals surface area contributed by atoms with Crippen molar-refractivity contribution in [3.8, 4) is 0 Å². The summed E-state index contributed by atoms with van der Waals surface area (Å²) in [5.74, 6) is 1.49. The van der Waals surface area contributed by atoms with Crippen LogP contribution >= 0.6 is 23.1 Å². The maximum absolute atomic E-state index is 12.4. The van der Waals surface area contributed by atoms with Gasteiger partial charge in [-0.2, -0.15) is 23.1 Å². The summed E-state index contributed by atoms with van der Waals surface area (Å²) in [5, 5.41) is 18.1. The number of thioether (sulfide) groups is 1. The zero-order valence-corrected chi connectivity index (χ0v) is 17.3. The second kappa shape index (κ2) is 10.2. The maximum Gasteiger partial charge on any atom is 0.252 e. The normalized spacial score (nSPS) is 12.0. The minimum absolute atomic E-state index is 0.0523. The zero-order chi connectivity index (χ0) is 19.8. The van der Waals surface area contributed by atoms with Crippen molar-refractivity contribution in [2.24, 2.45) is 0 Å². The smallest absolute Gasteiger partial charge is 0.252 e. The molecule has 0 bridgehead atoms. The summed E-state index contributed by atoms with van der Waals surface area (Å²) in [6.45, 7) is 0.464. The van der Waals surface area contributed by atoms with E-state index in [2.05, 4.69) is 20.8 Å². The summed E-state index contributed by atoms with van der Waals surface area (Å²) in [4.78, 5) is 24.3. The number of hydrogen-bond acceptors (Lipinski definition) is 6. The molecule has 2 N–H and O–H groups in total. The van der Waals surface area contributed by atoms with Crippen molar-refractivity contribution >= 4 is 40.6 Å². The zero-order valence-electron chi connectivity index (χ0n) is 15.6. The molecule has 148 valence electrons. The van der Waals surface area contributed by atoms with Crippen LogP contribution in [0.1, 0.15) is 41.5 Å². The van der Waals surface area contributed by atoms with Crippen molar-refractivity contribution in [3.05, 3.63) is 52.6 Å². The van der Waals surface area contributed by atoms with E-state index in [1.807, 2.05) is 40.4 Å². The van der Waals surface area contributed by atoms with Gasteiger partial charge in [0.05, 0.1) is 6.04 Å². The lowest BCUT2D eigenvalue weighted by atomic mass is 10.2. The van der Waals surface area contributed by atoms with E-state index in [1.54, 1.807) is 23.2 Å². The first-order chi connectivity index (χ1) is 13.7. The summed E-state index contributed by atoms with van der Waals surface area (Å²) in [6, 6.07) is 7.31. The van der Waals surface area contributed by atoms with Crippen molar-refractivity contribution in [2.75, 3.05) is 18.6 Å². The van der Waals surface area contributed by atoms with Gasteiger partial charge in [-0.05, 0) is 48.4 Å². The van der Waals surface area contributed by atoms with Gasteiger partial charge >= 0.3 is 0 Å². The van der Waals surface area contributed by atoms with Crippen molar-refractivity contribution in [1.82, 2.24) is 25.2 Å². The molecule has 28 heavy (non-hydrogen) atoms. The van der Waals surface area contributed by atoms with Crippen LogP contribution in [0.2, 0.25) is 0 Å². The number of thiophene rings is 1. The van der Waals surface area contributed by atoms with Crippen LogP contribution in [0.5, 0.6) is 0 Å². The number of fused-ring (bicyclic) bond motifs is 1. The Hall–Kier alpha value is -2.39. The maximum atomic E-state index is 12.4. The molecule has 0 saturated carbocycles. The van der Waals surface area contributed by atoms with Gasteiger partial charge in [-0.3, -0.25) is 14.0 Å². The largest absolute Gasteiger partial charge is 0.352 e. The van der Waals surface area contributed by atoms with Gasteiger partial charge in [0.1, 0.15) is 0 Å². The van der Waals surface area contributed by atoms with Gasteiger partial charge < -0.3 is 10.6 Å². The lowest BCUT2D eigenvalue weighted by Crippen LogP contribution is -2.31. The van der Waals surface area contributed by atoms with Crippen molar-refractivity contribution in [2.45, 2.75) is 25.3 Å². The third-order valence-electron chi connectivity index (χ3n) is 4.25. The van der Waals surface area contributed by atoms with E-state index in [9.17, 15) is 9.59 Å². The van der Waals surface area contributed by atoms with E-state index in [0.29, 0.717) is 24.9 Å². The molecule has 9 heteroatoms. The Bertz CT molecular complexity index is 910. The molecule has 1 atom stereocenters. The van der Waals surface area contributed by atoms with Gasteiger partial charge in [0.2, 0.25) is 5.91 Å². The molecule has 3 heterocycles. The van der Waals surface area contributed by atoms with Crippen molar-refractivity contribution in [1.29, 1.82) is 0 Å². The number of nitrogens with zero attached hydrogens (tertiary/aromatic N) is 3. The second-order valence-electron chi connectivity index (χ2n) is 6.26. The van der Waals surface area contributed by atoms with Crippen LogP contribution in [-0.4, -0.2) is 45.0 Å². The third kappa shape index (κ3) is 5.32. The van der Waals surface area contributed by atoms with Crippen LogP contribution in [0.15, 0.2) is 41.2 Å². The molecule has 2 amide bonds. The fourth-order valence-corrected chi connectivity index (χ4v) is 3.92. The number of nitrogens with one attached hydrogen (secondary N) is 2. The average molecular weight is 418 g/mol. The van der Waals surface area contributed by atoms with Gasteiger partial charge in [0.25, 0.3) is 5.91 Å². The molecule has 0 aliphatic heterocycles. The molecule has 0 spiro atoms. The predicted octanol–water partition coefficient (Wildman–Crippen LogP) is 2.91. The SMILES string of the molecule is CSCCC(NC(=O)CCCNC(=O)c1ccsc1)c1nnc2ccccn12. The monoisotopic (exact) mass is 417 g/mol. The van der Waals surface area contributed by atoms with Crippen LogP contribution in [0, 0.1) is 0 Å². The summed E-state index contributed by atoms with van der Waals surface area (Å²) in [6.07, 6.45) is 5.64. The molecule has 3 aromatic rings. The van der Waals surface area contributed by atoms with Crippen LogP contribution in [0.4, 0.5) is 0 Å². The molecule has 7 nitrogen and oxygen atoms in total. The lowest BCUT2D eigenvalue weighted by molar-refractivity contribution is -0.122. The van der Waals surface area contributed by atoms with Gasteiger partial charge in [-0.1, -0.05) is 6.07 Å². The Morgan fingerprint density at radius 1 is 1.29 bits per heavy atom. The second-order valence-corrected chi connectivity index (χ2v) is 8.03. The van der Waals surface area contributed by atoms with E-state index in [-0.39, 0.29) is 17.9 Å². The van der Waals surface area contributed by atoms with E-state index in [4.69, 9.17) is 0 Å². The summed E-state index contributed by atoms with van der Waals surface area (Å²) >= 11 is 3.21. The minimum atomic E-state index is -0.197. The number of rotatable bonds is 10. The highest BCUT2D eigenvalue weighted by Crippen LogP contribution is 2.18. The molecule has 0 aliphatic carbocycles. The number of pyridine rings is 1. The van der Waals surface area contributed by atoms with Gasteiger partial charge in [0.15, 0.2) is 11.5 Å². The quantitative estimate of drug-likeness (QED) is 0.495. The Kier molecular flexibility index (Phi) is 7.44. The van der Waals surface area contributed by atoms with Crippen LogP contribution < -0.4 is 10.6 Å². The topological polar surface area (TPSA) is 88.4 Å². The first kappa shape index (κ1) is 20.3. The fourth-order valence-electron chi connectivity index (χ4n) is 2.81. The molecule has 3 aromatic heterocycles. The lowest BCUT2D eigenvalue weighted by Gasteiger charge is -2.17. The van der Waals surface area contributed by atoms with E-state index in [1.165, 1.54) is 11.3 Å². The minimum Gasteiger partial charge on any atom is -0.352 e. The highest BCUT2D eigenvalue weighted by Gasteiger charge is 2.20. The standard InChI is InChI=1S/C19H23N5O2S2/c1-27-11-8-15(18-23-22-16-5-2-3-10-24(16)18)21-17(25)6-4-9-20-19(26)14-7-12-28-13-14/h2-3,5,7,10,12-13,15H,4,6,8-9,11H2,1H3,(H,20,26)(H,21,25). The summed E-state index contributed by atoms with van der Waals surface area (Å²) in [7, 11) is 0. The molecule has 0 aromatic carbocycles. The molecule has 0 aliphatic rings. The molecule has 1 unspecified atom stereocenters. The molecule has 0 saturated heterocycles. The number of aromatic nitrogens is 3. The van der Waals surface area contributed by atoms with Crippen molar-refractivity contribution in [3.63, 3.8) is 0 Å². The first-order valence-electron chi connectivity index (χ1n) is 9.07. The number of hydrogen-bond donors (Lipinski definition) is 2. The van der Waals surface area contributed by atoms with E-state index < -0.39 is 0 Å². The first-order valence-corrected chi connectivity index (χ1v) is 11.4. The highest BCUT2D eigenvalue weighted by atomic mass is 32.2. The number of carbonyl (C=O) groups is 2. The van der Waals surface area contributed by atoms with Gasteiger partial charge in [-0.15, -0.1) is 10.2 Å². The number of carbonyl (C=O) groups excluding carboxylic acids is 2. The molecular formula is C19H23N5O2S2. The number of amides is 2. The third-order valence-corrected chi connectivity index (χ3v) is 5.57. The molecule has 3 rings (SSSR count). The molecular weight excluding hydrogens is 394 g/mol. The Morgan fingerprint density at radius 3 is 2.96 bits per heavy atom. The summed E-state index contributed by atoms with van der Waals surface area (Å²) in [5.41, 5.74) is 1.42. The van der Waals surface area contributed by atoms with Crippen LogP contribution in [-0.2, 0) is 4.79 Å². The Balaban J connectivity index is 1.52.